The zero-order valence-corrected chi connectivity index (χ0v) is 8.75. The second kappa shape index (κ2) is 4.76. The first-order valence-corrected chi connectivity index (χ1v) is 4.56. The fourth-order valence-electron chi connectivity index (χ4n) is 1.26. The topological polar surface area (TPSA) is 69.6 Å². The Morgan fingerprint density at radius 2 is 1.94 bits per heavy atom. The molecule has 0 aliphatic heterocycles. The average molecular weight is 247 g/mol. The molecule has 0 aliphatic rings. The maximum atomic E-state index is 12.6. The quantitative estimate of drug-likeness (QED) is 0.660. The van der Waals surface area contributed by atoms with Crippen molar-refractivity contribution in [1.29, 1.82) is 0 Å². The molecule has 8 heteroatoms. The van der Waals surface area contributed by atoms with Crippen molar-refractivity contribution in [1.82, 2.24) is 0 Å². The first kappa shape index (κ1) is 13.5. The molecular weight excluding hydrogens is 238 g/mol. The van der Waals surface area contributed by atoms with Crippen molar-refractivity contribution in [3.63, 3.8) is 0 Å². The molecule has 17 heavy (non-hydrogen) atoms. The molecule has 0 radical (unpaired) electrons. The van der Waals surface area contributed by atoms with E-state index in [1.807, 2.05) is 5.32 Å². The number of hydrogen-bond acceptors (Lipinski definition) is 3. The van der Waals surface area contributed by atoms with Crippen molar-refractivity contribution in [2.45, 2.75) is 13.1 Å². The number of nitrogens with one attached hydrogen (secondary N) is 1. The fraction of sp³-hybridized carbons (Fsp3) is 0.222. The van der Waals surface area contributed by atoms with Crippen LogP contribution in [0.25, 0.3) is 0 Å². The highest BCUT2D eigenvalue weighted by Crippen LogP contribution is 2.34. The van der Waals surface area contributed by atoms with Gasteiger partial charge in [-0.3, -0.25) is 4.79 Å². The van der Waals surface area contributed by atoms with Gasteiger partial charge in [-0.1, -0.05) is 6.07 Å². The van der Waals surface area contributed by atoms with Gasteiger partial charge in [0.05, 0.1) is 11.3 Å². The molecule has 0 aliphatic carbocycles. The van der Waals surface area contributed by atoms with E-state index in [-0.39, 0.29) is 5.46 Å². The smallest absolute Gasteiger partial charge is 0.423 e. The molecule has 92 valence electrons. The highest BCUT2D eigenvalue weighted by molar-refractivity contribution is 6.58. The Kier molecular flexibility index (Phi) is 3.79. The van der Waals surface area contributed by atoms with Gasteiger partial charge in [-0.2, -0.15) is 13.2 Å². The predicted octanol–water partition coefficient (Wildman–Crippen LogP) is 0.344. The van der Waals surface area contributed by atoms with Crippen LogP contribution >= 0.6 is 0 Å². The molecule has 1 aromatic carbocycles. The molecule has 4 nitrogen and oxygen atoms in total. The lowest BCUT2D eigenvalue weighted by molar-refractivity contribution is -0.136. The summed E-state index contributed by atoms with van der Waals surface area (Å²) in [6, 6.07) is 2.64. The van der Waals surface area contributed by atoms with Crippen LogP contribution in [0.5, 0.6) is 0 Å². The minimum atomic E-state index is -4.69. The highest BCUT2D eigenvalue weighted by atomic mass is 19.4. The van der Waals surface area contributed by atoms with Gasteiger partial charge in [0.1, 0.15) is 0 Å². The molecule has 1 amide bonds. The standard InChI is InChI=1S/C9H9BF3NO3/c1-5(15)14-8-3-2-6(10(16)17)4-7(8)9(11,12)13/h2-4,16-17H,1H3,(H,14,15). The van der Waals surface area contributed by atoms with Gasteiger partial charge < -0.3 is 15.4 Å². The van der Waals surface area contributed by atoms with E-state index in [9.17, 15) is 18.0 Å². The van der Waals surface area contributed by atoms with Crippen LogP contribution in [-0.2, 0) is 11.0 Å². The molecule has 3 N–H and O–H groups in total. The number of carbonyl (C=O) groups excluding carboxylic acids is 1. The molecule has 0 spiro atoms. The number of hydrogen-bond donors (Lipinski definition) is 3. The molecular formula is C9H9BF3NO3. The molecule has 0 saturated heterocycles. The minimum absolute atomic E-state index is 0.300. The van der Waals surface area contributed by atoms with Gasteiger partial charge in [0.25, 0.3) is 0 Å². The Morgan fingerprint density at radius 3 is 2.35 bits per heavy atom. The van der Waals surface area contributed by atoms with Crippen molar-refractivity contribution in [3.8, 4) is 0 Å². The number of rotatable bonds is 2. The summed E-state index contributed by atoms with van der Waals surface area (Å²) in [5.41, 5.74) is -1.85. The molecule has 0 heterocycles. The van der Waals surface area contributed by atoms with E-state index in [1.54, 1.807) is 0 Å². The largest absolute Gasteiger partial charge is 0.488 e. The number of amides is 1. The number of carbonyl (C=O) groups is 1. The third-order valence-electron chi connectivity index (χ3n) is 1.96. The predicted molar refractivity (Wildman–Crippen MR) is 55.6 cm³/mol. The summed E-state index contributed by atoms with van der Waals surface area (Å²) in [6.45, 7) is 1.08. The van der Waals surface area contributed by atoms with Crippen LogP contribution in [-0.4, -0.2) is 23.1 Å². The van der Waals surface area contributed by atoms with E-state index in [1.165, 1.54) is 0 Å². The molecule has 1 rings (SSSR count). The average Bonchev–Trinajstić information content (AvgIpc) is 2.15. The van der Waals surface area contributed by atoms with E-state index in [2.05, 4.69) is 0 Å². The third kappa shape index (κ3) is 3.47. The normalized spacial score (nSPS) is 11.2. The third-order valence-corrected chi connectivity index (χ3v) is 1.96. The number of anilines is 1. The summed E-state index contributed by atoms with van der Waals surface area (Å²) in [6.07, 6.45) is -4.69. The van der Waals surface area contributed by atoms with Crippen LogP contribution in [0.2, 0.25) is 0 Å². The van der Waals surface area contributed by atoms with Crippen molar-refractivity contribution < 1.29 is 28.0 Å². The zero-order chi connectivity index (χ0) is 13.2. The van der Waals surface area contributed by atoms with Crippen molar-refractivity contribution in [3.05, 3.63) is 23.8 Å². The lowest BCUT2D eigenvalue weighted by atomic mass is 9.79. The Labute approximate surface area is 95.2 Å². The van der Waals surface area contributed by atoms with Crippen molar-refractivity contribution in [2.75, 3.05) is 5.32 Å². The molecule has 0 fully saturated rings. The molecule has 1 aromatic rings. The summed E-state index contributed by atoms with van der Waals surface area (Å²) >= 11 is 0. The van der Waals surface area contributed by atoms with Gasteiger partial charge in [0.15, 0.2) is 0 Å². The van der Waals surface area contributed by atoms with E-state index < -0.39 is 30.5 Å². The summed E-state index contributed by atoms with van der Waals surface area (Å²) in [5, 5.41) is 19.6. The summed E-state index contributed by atoms with van der Waals surface area (Å²) in [4.78, 5) is 10.7. The van der Waals surface area contributed by atoms with E-state index in [0.717, 1.165) is 19.1 Å². The van der Waals surface area contributed by atoms with Gasteiger partial charge in [-0.25, -0.2) is 0 Å². The fourth-order valence-corrected chi connectivity index (χ4v) is 1.26. The van der Waals surface area contributed by atoms with E-state index in [4.69, 9.17) is 10.0 Å². The van der Waals surface area contributed by atoms with Crippen LogP contribution < -0.4 is 10.8 Å². The Hall–Kier alpha value is -1.54. The van der Waals surface area contributed by atoms with Crippen molar-refractivity contribution in [2.24, 2.45) is 0 Å². The van der Waals surface area contributed by atoms with Gasteiger partial charge >= 0.3 is 13.3 Å². The molecule has 0 aromatic heterocycles. The van der Waals surface area contributed by atoms with Gasteiger partial charge in [0.2, 0.25) is 5.91 Å². The van der Waals surface area contributed by atoms with Crippen LogP contribution in [0.3, 0.4) is 0 Å². The minimum Gasteiger partial charge on any atom is -0.423 e. The van der Waals surface area contributed by atoms with E-state index in [0.29, 0.717) is 6.07 Å². The first-order chi connectivity index (χ1) is 7.71. The van der Waals surface area contributed by atoms with Crippen molar-refractivity contribution >= 4 is 24.2 Å². The van der Waals surface area contributed by atoms with Crippen LogP contribution in [0.4, 0.5) is 18.9 Å². The molecule has 0 atom stereocenters. The summed E-state index contributed by atoms with van der Waals surface area (Å²) < 4.78 is 37.9. The number of alkyl halides is 3. The maximum Gasteiger partial charge on any atom is 0.488 e. The second-order valence-electron chi connectivity index (χ2n) is 3.36. The van der Waals surface area contributed by atoms with Gasteiger partial charge in [0, 0.05) is 6.92 Å². The first-order valence-electron chi connectivity index (χ1n) is 4.56. The highest BCUT2D eigenvalue weighted by Gasteiger charge is 2.34. The van der Waals surface area contributed by atoms with Crippen LogP contribution in [0.1, 0.15) is 12.5 Å². The summed E-state index contributed by atoms with van der Waals surface area (Å²) in [5.74, 6) is -0.646. The number of benzene rings is 1. The van der Waals surface area contributed by atoms with Crippen LogP contribution in [0.15, 0.2) is 18.2 Å². The summed E-state index contributed by atoms with van der Waals surface area (Å²) in [7, 11) is -2.00. The Balaban J connectivity index is 3.27. The lowest BCUT2D eigenvalue weighted by Gasteiger charge is -2.14. The Bertz CT molecular complexity index is 434. The van der Waals surface area contributed by atoms with Gasteiger partial charge in [-0.15, -0.1) is 0 Å². The molecule has 0 saturated carbocycles. The zero-order valence-electron chi connectivity index (χ0n) is 8.75. The Morgan fingerprint density at radius 1 is 1.35 bits per heavy atom. The van der Waals surface area contributed by atoms with Crippen LogP contribution in [0, 0.1) is 0 Å². The monoisotopic (exact) mass is 247 g/mol. The van der Waals surface area contributed by atoms with E-state index >= 15 is 0 Å². The SMILES string of the molecule is CC(=O)Nc1ccc(B(O)O)cc1C(F)(F)F. The maximum absolute atomic E-state index is 12.6. The van der Waals surface area contributed by atoms with Gasteiger partial charge in [-0.05, 0) is 17.6 Å². The number of halogens is 3. The molecule has 0 unspecified atom stereocenters. The lowest BCUT2D eigenvalue weighted by Crippen LogP contribution is -2.31. The second-order valence-corrected chi connectivity index (χ2v) is 3.36. The molecule has 0 bridgehead atoms.